The molecule has 0 bridgehead atoms. The molecular formula is C21H20BrN3O3S. The summed E-state index contributed by atoms with van der Waals surface area (Å²) in [6.45, 7) is 2.62. The summed E-state index contributed by atoms with van der Waals surface area (Å²) in [5.74, 6) is 0.475. The molecule has 0 aliphatic heterocycles. The Morgan fingerprint density at radius 1 is 1.28 bits per heavy atom. The summed E-state index contributed by atoms with van der Waals surface area (Å²) in [5.41, 5.74) is 5.52. The molecule has 0 aliphatic carbocycles. The van der Waals surface area contributed by atoms with Crippen LogP contribution in [0.1, 0.15) is 23.7 Å². The van der Waals surface area contributed by atoms with Gasteiger partial charge in [-0.05, 0) is 30.7 Å². The molecule has 1 aromatic heterocycles. The van der Waals surface area contributed by atoms with Crippen LogP contribution in [0.4, 0.5) is 5.13 Å². The molecule has 6 nitrogen and oxygen atoms in total. The number of benzene rings is 2. The van der Waals surface area contributed by atoms with Gasteiger partial charge in [-0.25, -0.2) is 4.98 Å². The zero-order valence-electron chi connectivity index (χ0n) is 15.8. The van der Waals surface area contributed by atoms with Crippen molar-refractivity contribution in [2.45, 2.75) is 20.0 Å². The maximum Gasteiger partial charge on any atom is 0.311 e. The van der Waals surface area contributed by atoms with Crippen molar-refractivity contribution in [2.75, 3.05) is 12.0 Å². The van der Waals surface area contributed by atoms with Crippen molar-refractivity contribution < 1.29 is 14.3 Å². The number of nitrogens with one attached hydrogen (secondary N) is 1. The molecule has 0 spiro atoms. The van der Waals surface area contributed by atoms with Gasteiger partial charge >= 0.3 is 5.97 Å². The second kappa shape index (κ2) is 10.7. The van der Waals surface area contributed by atoms with Crippen LogP contribution in [0, 0.1) is 0 Å². The first-order valence-electron chi connectivity index (χ1n) is 8.99. The first-order chi connectivity index (χ1) is 14.1. The number of nitrogens with zero attached hydrogens (tertiary/aromatic N) is 2. The Morgan fingerprint density at radius 2 is 2.14 bits per heavy atom. The molecule has 0 fully saturated rings. The van der Waals surface area contributed by atoms with Gasteiger partial charge in [0.15, 0.2) is 0 Å². The van der Waals surface area contributed by atoms with E-state index in [-0.39, 0.29) is 12.4 Å². The summed E-state index contributed by atoms with van der Waals surface area (Å²) in [4.78, 5) is 15.8. The Bertz CT molecular complexity index is 991. The summed E-state index contributed by atoms with van der Waals surface area (Å²) in [6, 6.07) is 15.6. The Hall–Kier alpha value is -2.71. The number of hydrogen-bond acceptors (Lipinski definition) is 7. The molecular weight excluding hydrogens is 454 g/mol. The van der Waals surface area contributed by atoms with Crippen LogP contribution in [-0.2, 0) is 22.6 Å². The Labute approximate surface area is 181 Å². The van der Waals surface area contributed by atoms with Gasteiger partial charge in [-0.1, -0.05) is 46.3 Å². The number of halogens is 1. The van der Waals surface area contributed by atoms with E-state index in [0.29, 0.717) is 24.0 Å². The average molecular weight is 474 g/mol. The van der Waals surface area contributed by atoms with E-state index >= 15 is 0 Å². The van der Waals surface area contributed by atoms with Crippen molar-refractivity contribution in [3.8, 4) is 5.75 Å². The molecule has 0 saturated carbocycles. The fraction of sp³-hybridized carbons (Fsp3) is 0.190. The third kappa shape index (κ3) is 6.69. The van der Waals surface area contributed by atoms with Gasteiger partial charge in [-0.2, -0.15) is 5.10 Å². The number of anilines is 1. The van der Waals surface area contributed by atoms with Crippen LogP contribution in [0.2, 0.25) is 0 Å². The second-order valence-corrected chi connectivity index (χ2v) is 7.66. The normalized spacial score (nSPS) is 10.8. The first kappa shape index (κ1) is 21.0. The topological polar surface area (TPSA) is 72.8 Å². The Morgan fingerprint density at radius 3 is 2.97 bits per heavy atom. The van der Waals surface area contributed by atoms with Gasteiger partial charge in [0, 0.05) is 15.4 Å². The highest BCUT2D eigenvalue weighted by atomic mass is 79.9. The van der Waals surface area contributed by atoms with Gasteiger partial charge in [0.2, 0.25) is 5.13 Å². The lowest BCUT2D eigenvalue weighted by Crippen LogP contribution is -2.07. The second-order valence-electron chi connectivity index (χ2n) is 5.95. The molecule has 8 heteroatoms. The minimum Gasteiger partial charge on any atom is -0.489 e. The van der Waals surface area contributed by atoms with Crippen LogP contribution in [-0.4, -0.2) is 23.8 Å². The van der Waals surface area contributed by atoms with Crippen molar-refractivity contribution in [3.05, 3.63) is 75.2 Å². The molecule has 29 heavy (non-hydrogen) atoms. The van der Waals surface area contributed by atoms with Gasteiger partial charge < -0.3 is 9.47 Å². The fourth-order valence-corrected chi connectivity index (χ4v) is 3.48. The van der Waals surface area contributed by atoms with E-state index in [1.165, 1.54) is 11.3 Å². The van der Waals surface area contributed by atoms with Gasteiger partial charge in [0.25, 0.3) is 0 Å². The number of carbonyl (C=O) groups excluding carboxylic acids is 1. The van der Waals surface area contributed by atoms with E-state index in [2.05, 4.69) is 31.4 Å². The highest BCUT2D eigenvalue weighted by Crippen LogP contribution is 2.20. The van der Waals surface area contributed by atoms with Crippen LogP contribution in [0.5, 0.6) is 5.75 Å². The fourth-order valence-electron chi connectivity index (χ4n) is 2.42. The van der Waals surface area contributed by atoms with Crippen molar-refractivity contribution in [2.24, 2.45) is 5.10 Å². The molecule has 0 radical (unpaired) electrons. The number of rotatable bonds is 9. The molecule has 150 valence electrons. The molecule has 0 unspecified atom stereocenters. The maximum absolute atomic E-state index is 11.5. The van der Waals surface area contributed by atoms with Crippen molar-refractivity contribution in [3.63, 3.8) is 0 Å². The number of hydrogen-bond donors (Lipinski definition) is 1. The average Bonchev–Trinajstić information content (AvgIpc) is 3.15. The predicted octanol–water partition coefficient (Wildman–Crippen LogP) is 5.04. The highest BCUT2D eigenvalue weighted by Gasteiger charge is 2.08. The van der Waals surface area contributed by atoms with Crippen LogP contribution in [0.15, 0.2) is 63.5 Å². The van der Waals surface area contributed by atoms with E-state index in [1.807, 2.05) is 53.9 Å². The summed E-state index contributed by atoms with van der Waals surface area (Å²) >= 11 is 4.91. The monoisotopic (exact) mass is 473 g/mol. The minimum atomic E-state index is -0.285. The van der Waals surface area contributed by atoms with Crippen LogP contribution < -0.4 is 10.2 Å². The number of hydrazone groups is 1. The molecule has 3 aromatic rings. The van der Waals surface area contributed by atoms with E-state index < -0.39 is 0 Å². The zero-order chi connectivity index (χ0) is 20.5. The summed E-state index contributed by atoms with van der Waals surface area (Å²) in [7, 11) is 0. The largest absolute Gasteiger partial charge is 0.489 e. The van der Waals surface area contributed by atoms with E-state index in [1.54, 1.807) is 13.1 Å². The first-order valence-corrected chi connectivity index (χ1v) is 10.7. The lowest BCUT2D eigenvalue weighted by Gasteiger charge is -2.08. The number of ether oxygens (including phenoxy) is 2. The van der Waals surface area contributed by atoms with Crippen molar-refractivity contribution in [1.82, 2.24) is 4.98 Å². The van der Waals surface area contributed by atoms with Crippen LogP contribution >= 0.6 is 27.3 Å². The number of thiazole rings is 1. The Balaban J connectivity index is 1.53. The highest BCUT2D eigenvalue weighted by molar-refractivity contribution is 9.10. The lowest BCUT2D eigenvalue weighted by molar-refractivity contribution is -0.142. The number of aromatic nitrogens is 1. The van der Waals surface area contributed by atoms with Crippen molar-refractivity contribution >= 4 is 44.6 Å². The van der Waals surface area contributed by atoms with E-state index in [9.17, 15) is 4.79 Å². The summed E-state index contributed by atoms with van der Waals surface area (Å²) in [5, 5.41) is 6.63. The smallest absolute Gasteiger partial charge is 0.311 e. The van der Waals surface area contributed by atoms with Crippen LogP contribution in [0.25, 0.3) is 0 Å². The molecule has 0 saturated heterocycles. The molecule has 0 atom stereocenters. The van der Waals surface area contributed by atoms with Gasteiger partial charge in [0.05, 0.1) is 24.9 Å². The van der Waals surface area contributed by atoms with Gasteiger partial charge in [0.1, 0.15) is 12.4 Å². The predicted molar refractivity (Wildman–Crippen MR) is 119 cm³/mol. The maximum atomic E-state index is 11.5. The molecule has 2 aromatic carbocycles. The van der Waals surface area contributed by atoms with Crippen molar-refractivity contribution in [1.29, 1.82) is 0 Å². The third-order valence-corrected chi connectivity index (χ3v) is 5.34. The standard InChI is InChI=1S/C21H20BrN3O3S/c1-2-27-20(26)11-17-14-29-21(24-17)25-23-12-15-6-5-8-18(10-15)28-13-16-7-3-4-9-19(16)22/h3-10,12,14H,2,11,13H2,1H3,(H,24,25). The molecule has 1 heterocycles. The quantitative estimate of drug-likeness (QED) is 0.267. The molecule has 3 rings (SSSR count). The zero-order valence-corrected chi connectivity index (χ0v) is 18.2. The SMILES string of the molecule is CCOC(=O)Cc1csc(NN=Cc2cccc(OCc3ccccc3Br)c2)n1. The number of carbonyl (C=O) groups is 1. The number of esters is 1. The van der Waals surface area contributed by atoms with Crippen LogP contribution in [0.3, 0.4) is 0 Å². The Kier molecular flexibility index (Phi) is 7.77. The summed E-state index contributed by atoms with van der Waals surface area (Å²) in [6.07, 6.45) is 1.85. The summed E-state index contributed by atoms with van der Waals surface area (Å²) < 4.78 is 11.8. The lowest BCUT2D eigenvalue weighted by atomic mass is 10.2. The molecule has 0 aliphatic rings. The van der Waals surface area contributed by atoms with Gasteiger partial charge in [-0.15, -0.1) is 11.3 Å². The van der Waals surface area contributed by atoms with Gasteiger partial charge in [-0.3, -0.25) is 10.2 Å². The minimum absolute atomic E-state index is 0.159. The molecule has 1 N–H and O–H groups in total. The molecule has 0 amide bonds. The third-order valence-electron chi connectivity index (χ3n) is 3.77. The van der Waals surface area contributed by atoms with E-state index in [4.69, 9.17) is 9.47 Å². The van der Waals surface area contributed by atoms with E-state index in [0.717, 1.165) is 21.3 Å².